The fourth-order valence-electron chi connectivity index (χ4n) is 1.91. The summed E-state index contributed by atoms with van der Waals surface area (Å²) in [7, 11) is 0. The zero-order valence-electron chi connectivity index (χ0n) is 8.56. The van der Waals surface area contributed by atoms with Crippen LogP contribution < -0.4 is 10.6 Å². The maximum Gasteiger partial charge on any atom is 0.225 e. The van der Waals surface area contributed by atoms with E-state index in [2.05, 4.69) is 14.9 Å². The Morgan fingerprint density at radius 1 is 1.47 bits per heavy atom. The van der Waals surface area contributed by atoms with E-state index in [4.69, 9.17) is 5.73 Å². The first kappa shape index (κ1) is 10.3. The van der Waals surface area contributed by atoms with Gasteiger partial charge in [-0.15, -0.1) is 0 Å². The van der Waals surface area contributed by atoms with Crippen molar-refractivity contribution >= 4 is 5.95 Å². The number of hydrogen-bond acceptors (Lipinski definition) is 4. The van der Waals surface area contributed by atoms with Crippen molar-refractivity contribution in [2.24, 2.45) is 11.7 Å². The van der Waals surface area contributed by atoms with Crippen molar-refractivity contribution in [3.8, 4) is 0 Å². The van der Waals surface area contributed by atoms with Gasteiger partial charge in [0.05, 0.1) is 12.4 Å². The normalized spacial score (nSPS) is 21.7. The maximum atomic E-state index is 12.6. The van der Waals surface area contributed by atoms with Crippen LogP contribution in [0.25, 0.3) is 0 Å². The summed E-state index contributed by atoms with van der Waals surface area (Å²) in [5, 5.41) is 0. The van der Waals surface area contributed by atoms with Gasteiger partial charge in [-0.05, 0) is 25.3 Å². The van der Waals surface area contributed by atoms with E-state index in [1.54, 1.807) is 0 Å². The molecule has 0 spiro atoms. The minimum Gasteiger partial charge on any atom is -0.341 e. The first-order chi connectivity index (χ1) is 7.29. The van der Waals surface area contributed by atoms with Crippen molar-refractivity contribution in [2.75, 3.05) is 24.5 Å². The highest BCUT2D eigenvalue weighted by Gasteiger charge is 2.20. The molecule has 5 heteroatoms. The standard InChI is InChI=1S/C10H15FN4/c11-9-5-13-10(14-6-9)15-3-1-2-8(4-12)7-15/h5-6,8H,1-4,7,12H2/t8-/m1/s1. The Balaban J connectivity index is 2.06. The molecule has 4 nitrogen and oxygen atoms in total. The predicted molar refractivity (Wildman–Crippen MR) is 56.0 cm³/mol. The van der Waals surface area contributed by atoms with Gasteiger partial charge in [-0.2, -0.15) is 0 Å². The summed E-state index contributed by atoms with van der Waals surface area (Å²) in [6.07, 6.45) is 4.67. The van der Waals surface area contributed by atoms with Gasteiger partial charge in [-0.3, -0.25) is 0 Å². The lowest BCUT2D eigenvalue weighted by Gasteiger charge is -2.31. The molecule has 2 heterocycles. The zero-order valence-corrected chi connectivity index (χ0v) is 8.56. The number of nitrogens with two attached hydrogens (primary N) is 1. The summed E-state index contributed by atoms with van der Waals surface area (Å²) in [6, 6.07) is 0. The molecule has 0 aliphatic carbocycles. The van der Waals surface area contributed by atoms with E-state index < -0.39 is 5.82 Å². The van der Waals surface area contributed by atoms with E-state index in [0.717, 1.165) is 25.9 Å². The van der Waals surface area contributed by atoms with Crippen LogP contribution in [0.15, 0.2) is 12.4 Å². The van der Waals surface area contributed by atoms with Gasteiger partial charge in [-0.25, -0.2) is 14.4 Å². The van der Waals surface area contributed by atoms with Gasteiger partial charge in [0.15, 0.2) is 5.82 Å². The summed E-state index contributed by atoms with van der Waals surface area (Å²) in [4.78, 5) is 10.0. The van der Waals surface area contributed by atoms with Crippen molar-refractivity contribution in [3.63, 3.8) is 0 Å². The van der Waals surface area contributed by atoms with Crippen LogP contribution in [0.5, 0.6) is 0 Å². The summed E-state index contributed by atoms with van der Waals surface area (Å²) < 4.78 is 12.6. The zero-order chi connectivity index (χ0) is 10.7. The van der Waals surface area contributed by atoms with Gasteiger partial charge in [0.2, 0.25) is 5.95 Å². The summed E-state index contributed by atoms with van der Waals surface area (Å²) in [5.41, 5.74) is 5.64. The number of rotatable bonds is 2. The van der Waals surface area contributed by atoms with Gasteiger partial charge in [0.1, 0.15) is 0 Å². The van der Waals surface area contributed by atoms with E-state index in [-0.39, 0.29) is 0 Å². The average Bonchev–Trinajstić information content (AvgIpc) is 2.30. The molecule has 15 heavy (non-hydrogen) atoms. The molecule has 1 aliphatic rings. The molecule has 0 saturated carbocycles. The van der Waals surface area contributed by atoms with Gasteiger partial charge in [0, 0.05) is 13.1 Å². The molecule has 2 N–H and O–H groups in total. The maximum absolute atomic E-state index is 12.6. The Hall–Kier alpha value is -1.23. The first-order valence-electron chi connectivity index (χ1n) is 5.22. The third kappa shape index (κ3) is 2.41. The average molecular weight is 210 g/mol. The van der Waals surface area contributed by atoms with Crippen LogP contribution in [0.3, 0.4) is 0 Å². The van der Waals surface area contributed by atoms with E-state index in [1.807, 2.05) is 0 Å². The Kier molecular flexibility index (Phi) is 3.11. The van der Waals surface area contributed by atoms with Gasteiger partial charge in [0.25, 0.3) is 0 Å². The van der Waals surface area contributed by atoms with E-state index in [0.29, 0.717) is 18.4 Å². The quantitative estimate of drug-likeness (QED) is 0.784. The predicted octanol–water partition coefficient (Wildman–Crippen LogP) is 0.791. The minimum atomic E-state index is -0.397. The van der Waals surface area contributed by atoms with Crippen LogP contribution in [0, 0.1) is 11.7 Å². The van der Waals surface area contributed by atoms with Crippen LogP contribution >= 0.6 is 0 Å². The van der Waals surface area contributed by atoms with Crippen LogP contribution in [-0.4, -0.2) is 29.6 Å². The molecule has 82 valence electrons. The SMILES string of the molecule is NC[C@H]1CCCN(c2ncc(F)cn2)C1. The second-order valence-corrected chi connectivity index (χ2v) is 3.89. The lowest BCUT2D eigenvalue weighted by atomic mass is 9.99. The minimum absolute atomic E-state index is 0.397. The number of hydrogen-bond donors (Lipinski definition) is 1. The van der Waals surface area contributed by atoms with Gasteiger partial charge < -0.3 is 10.6 Å². The molecule has 1 aromatic heterocycles. The van der Waals surface area contributed by atoms with E-state index >= 15 is 0 Å². The first-order valence-corrected chi connectivity index (χ1v) is 5.22. The Labute approximate surface area is 88.3 Å². The summed E-state index contributed by atoms with van der Waals surface area (Å²) in [6.45, 7) is 2.50. The number of anilines is 1. The lowest BCUT2D eigenvalue weighted by Crippen LogP contribution is -2.39. The van der Waals surface area contributed by atoms with Crippen LogP contribution in [0.2, 0.25) is 0 Å². The molecule has 0 radical (unpaired) electrons. The fraction of sp³-hybridized carbons (Fsp3) is 0.600. The molecular weight excluding hydrogens is 195 g/mol. The molecule has 1 aliphatic heterocycles. The number of aromatic nitrogens is 2. The third-order valence-electron chi connectivity index (χ3n) is 2.74. The lowest BCUT2D eigenvalue weighted by molar-refractivity contribution is 0.419. The fourth-order valence-corrected chi connectivity index (χ4v) is 1.91. The molecular formula is C10H15FN4. The van der Waals surface area contributed by atoms with Crippen molar-refractivity contribution < 1.29 is 4.39 Å². The monoisotopic (exact) mass is 210 g/mol. The molecule has 1 fully saturated rings. The van der Waals surface area contributed by atoms with Crippen molar-refractivity contribution in [3.05, 3.63) is 18.2 Å². The molecule has 0 bridgehead atoms. The highest BCUT2D eigenvalue weighted by molar-refractivity contribution is 5.29. The smallest absolute Gasteiger partial charge is 0.225 e. The molecule has 0 aromatic carbocycles. The largest absolute Gasteiger partial charge is 0.341 e. The molecule has 1 atom stereocenters. The highest BCUT2D eigenvalue weighted by Crippen LogP contribution is 2.18. The Morgan fingerprint density at radius 3 is 2.87 bits per heavy atom. The van der Waals surface area contributed by atoms with Crippen molar-refractivity contribution in [1.29, 1.82) is 0 Å². The molecule has 1 saturated heterocycles. The van der Waals surface area contributed by atoms with E-state index in [1.165, 1.54) is 12.4 Å². The second-order valence-electron chi connectivity index (χ2n) is 3.89. The molecule has 1 aromatic rings. The number of nitrogens with zero attached hydrogens (tertiary/aromatic N) is 3. The van der Waals surface area contributed by atoms with Gasteiger partial charge >= 0.3 is 0 Å². The van der Waals surface area contributed by atoms with Crippen LogP contribution in [0.1, 0.15) is 12.8 Å². The van der Waals surface area contributed by atoms with Gasteiger partial charge in [-0.1, -0.05) is 0 Å². The highest BCUT2D eigenvalue weighted by atomic mass is 19.1. The Bertz CT molecular complexity index is 314. The van der Waals surface area contributed by atoms with Crippen molar-refractivity contribution in [1.82, 2.24) is 9.97 Å². The number of piperidine rings is 1. The van der Waals surface area contributed by atoms with Crippen LogP contribution in [0.4, 0.5) is 10.3 Å². The summed E-state index contributed by atoms with van der Waals surface area (Å²) in [5.74, 6) is 0.716. The Morgan fingerprint density at radius 2 is 2.20 bits per heavy atom. The topological polar surface area (TPSA) is 55.0 Å². The van der Waals surface area contributed by atoms with E-state index in [9.17, 15) is 4.39 Å². The van der Waals surface area contributed by atoms with Crippen LogP contribution in [-0.2, 0) is 0 Å². The summed E-state index contributed by atoms with van der Waals surface area (Å²) >= 11 is 0. The molecule has 0 unspecified atom stereocenters. The van der Waals surface area contributed by atoms with Crippen molar-refractivity contribution in [2.45, 2.75) is 12.8 Å². The third-order valence-corrected chi connectivity index (χ3v) is 2.74. The second kappa shape index (κ2) is 4.53. The number of halogens is 1. The molecule has 2 rings (SSSR count). The molecule has 0 amide bonds.